The Hall–Kier alpha value is -4.65. The maximum atomic E-state index is 14.9. The van der Waals surface area contributed by atoms with E-state index in [1.165, 1.54) is 49.5 Å². The van der Waals surface area contributed by atoms with E-state index in [0.29, 0.717) is 18.5 Å². The second-order valence-corrected chi connectivity index (χ2v) is 8.60. The number of ether oxygens (including phenoxy) is 1. The van der Waals surface area contributed by atoms with Crippen molar-refractivity contribution in [3.63, 3.8) is 0 Å². The summed E-state index contributed by atoms with van der Waals surface area (Å²) in [4.78, 5) is 38.3. The van der Waals surface area contributed by atoms with Crippen LogP contribution in [0.4, 0.5) is 26.0 Å². The first-order chi connectivity index (χ1) is 18.2. The SMILES string of the molecule is CC(O)CO/N=C/c1c(N)ncnc1Oc1ccc(NC(=O)C2(C(=O)Nc3ccc(F)cc3)CC2)cc1F. The van der Waals surface area contributed by atoms with E-state index in [9.17, 15) is 23.5 Å². The molecule has 0 radical (unpaired) electrons. The van der Waals surface area contributed by atoms with Crippen molar-refractivity contribution in [3.05, 3.63) is 66.0 Å². The van der Waals surface area contributed by atoms with Gasteiger partial charge in [0.1, 0.15) is 35.5 Å². The minimum atomic E-state index is -1.30. The van der Waals surface area contributed by atoms with E-state index in [1.54, 1.807) is 0 Å². The van der Waals surface area contributed by atoms with Crippen molar-refractivity contribution in [1.82, 2.24) is 9.97 Å². The molecule has 11 nitrogen and oxygen atoms in total. The Morgan fingerprint density at radius 3 is 2.42 bits per heavy atom. The summed E-state index contributed by atoms with van der Waals surface area (Å²) in [6.07, 6.45) is 2.19. The number of anilines is 3. The number of nitrogens with two attached hydrogens (primary N) is 1. The molecule has 1 unspecified atom stereocenters. The second kappa shape index (κ2) is 11.2. The van der Waals surface area contributed by atoms with Crippen LogP contribution in [-0.2, 0) is 14.4 Å². The number of carbonyl (C=O) groups excluding carboxylic acids is 2. The summed E-state index contributed by atoms with van der Waals surface area (Å²) in [5.41, 5.74) is 5.12. The highest BCUT2D eigenvalue weighted by molar-refractivity contribution is 6.16. The van der Waals surface area contributed by atoms with Gasteiger partial charge in [0, 0.05) is 17.4 Å². The van der Waals surface area contributed by atoms with E-state index in [1.807, 2.05) is 0 Å². The molecule has 0 bridgehead atoms. The van der Waals surface area contributed by atoms with Crippen LogP contribution in [0.3, 0.4) is 0 Å². The number of nitrogen functional groups attached to an aromatic ring is 1. The summed E-state index contributed by atoms with van der Waals surface area (Å²) in [7, 11) is 0. The molecule has 0 aliphatic heterocycles. The molecule has 3 aromatic rings. The quantitative estimate of drug-likeness (QED) is 0.178. The number of halogens is 2. The van der Waals surface area contributed by atoms with E-state index in [0.717, 1.165) is 12.4 Å². The first kappa shape index (κ1) is 26.4. The lowest BCUT2D eigenvalue weighted by atomic mass is 10.0. The van der Waals surface area contributed by atoms with Crippen molar-refractivity contribution < 1.29 is 33.1 Å². The molecule has 0 saturated heterocycles. The zero-order valence-corrected chi connectivity index (χ0v) is 20.1. The van der Waals surface area contributed by atoms with Gasteiger partial charge in [-0.3, -0.25) is 9.59 Å². The zero-order chi connectivity index (χ0) is 27.3. The number of nitrogens with one attached hydrogen (secondary N) is 2. The number of oxime groups is 1. The van der Waals surface area contributed by atoms with Crippen molar-refractivity contribution in [2.45, 2.75) is 25.9 Å². The lowest BCUT2D eigenvalue weighted by Gasteiger charge is -2.16. The van der Waals surface area contributed by atoms with Gasteiger partial charge < -0.3 is 31.0 Å². The monoisotopic (exact) mass is 526 g/mol. The van der Waals surface area contributed by atoms with E-state index >= 15 is 0 Å². The van der Waals surface area contributed by atoms with Gasteiger partial charge in [-0.1, -0.05) is 5.16 Å². The van der Waals surface area contributed by atoms with Crippen LogP contribution in [0.25, 0.3) is 0 Å². The minimum Gasteiger partial charge on any atom is -0.435 e. The Morgan fingerprint density at radius 1 is 1.13 bits per heavy atom. The van der Waals surface area contributed by atoms with Crippen LogP contribution >= 0.6 is 0 Å². The van der Waals surface area contributed by atoms with Crippen LogP contribution in [0, 0.1) is 17.0 Å². The Morgan fingerprint density at radius 2 is 1.79 bits per heavy atom. The number of hydrogen-bond acceptors (Lipinski definition) is 9. The molecular weight excluding hydrogens is 502 g/mol. The van der Waals surface area contributed by atoms with Crippen LogP contribution < -0.4 is 21.1 Å². The highest BCUT2D eigenvalue weighted by Gasteiger charge is 2.56. The van der Waals surface area contributed by atoms with Crippen LogP contribution in [-0.4, -0.2) is 45.8 Å². The lowest BCUT2D eigenvalue weighted by molar-refractivity contribution is -0.131. The summed E-state index contributed by atoms with van der Waals surface area (Å²) < 4.78 is 33.5. The first-order valence-corrected chi connectivity index (χ1v) is 11.5. The van der Waals surface area contributed by atoms with Crippen LogP contribution in [0.15, 0.2) is 53.9 Å². The number of nitrogens with zero attached hydrogens (tertiary/aromatic N) is 3. The minimum absolute atomic E-state index is 0.00247. The van der Waals surface area contributed by atoms with Gasteiger partial charge in [0.25, 0.3) is 0 Å². The molecule has 2 aromatic carbocycles. The molecule has 1 atom stereocenters. The highest BCUT2D eigenvalue weighted by atomic mass is 19.1. The van der Waals surface area contributed by atoms with E-state index in [2.05, 4.69) is 25.8 Å². The third-order valence-electron chi connectivity index (χ3n) is 5.57. The maximum absolute atomic E-state index is 14.9. The van der Waals surface area contributed by atoms with Crippen LogP contribution in [0.5, 0.6) is 11.6 Å². The number of amides is 2. The van der Waals surface area contributed by atoms with Crippen molar-refractivity contribution in [3.8, 4) is 11.6 Å². The summed E-state index contributed by atoms with van der Waals surface area (Å²) in [6, 6.07) is 8.87. The highest BCUT2D eigenvalue weighted by Crippen LogP contribution is 2.47. The average molecular weight is 527 g/mol. The largest absolute Gasteiger partial charge is 0.435 e. The molecule has 1 aliphatic rings. The molecule has 5 N–H and O–H groups in total. The molecule has 1 fully saturated rings. The summed E-state index contributed by atoms with van der Waals surface area (Å²) in [5, 5.41) is 18.1. The average Bonchev–Trinajstić information content (AvgIpc) is 3.68. The fourth-order valence-corrected chi connectivity index (χ4v) is 3.32. The summed E-state index contributed by atoms with van der Waals surface area (Å²) >= 11 is 0. The molecule has 1 heterocycles. The standard InChI is InChI=1S/C25H24F2N6O5/c1-14(34)12-37-31-11-18-21(28)29-13-30-22(18)38-20-7-6-17(10-19(20)27)33-24(36)25(8-9-25)23(35)32-16-4-2-15(26)3-5-16/h2-7,10-11,13-14,34H,8-9,12H2,1H3,(H,32,35)(H,33,36)(H2,28,29,30)/b31-11+. The van der Waals surface area contributed by atoms with Gasteiger partial charge in [0.05, 0.1) is 12.3 Å². The Balaban J connectivity index is 1.43. The summed E-state index contributed by atoms with van der Waals surface area (Å²) in [5.74, 6) is -2.74. The molecule has 198 valence electrons. The van der Waals surface area contributed by atoms with Gasteiger partial charge in [0.2, 0.25) is 17.7 Å². The predicted octanol–water partition coefficient (Wildman–Crippen LogP) is 3.22. The fourth-order valence-electron chi connectivity index (χ4n) is 3.32. The number of carbonyl (C=O) groups is 2. The number of aliphatic hydroxyl groups is 1. The Kier molecular flexibility index (Phi) is 7.76. The fraction of sp³-hybridized carbons (Fsp3) is 0.240. The predicted molar refractivity (Wildman–Crippen MR) is 133 cm³/mol. The molecule has 2 amide bonds. The molecule has 38 heavy (non-hydrogen) atoms. The van der Waals surface area contributed by atoms with Gasteiger partial charge in [0.15, 0.2) is 11.6 Å². The molecular formula is C25H24F2N6O5. The van der Waals surface area contributed by atoms with Crippen LogP contribution in [0.1, 0.15) is 25.3 Å². The molecule has 0 spiro atoms. The van der Waals surface area contributed by atoms with Crippen molar-refractivity contribution in [2.75, 3.05) is 23.0 Å². The normalized spacial score (nSPS) is 14.5. The van der Waals surface area contributed by atoms with Gasteiger partial charge in [-0.15, -0.1) is 0 Å². The molecule has 1 aliphatic carbocycles. The number of aliphatic hydroxyl groups excluding tert-OH is 1. The van der Waals surface area contributed by atoms with E-state index < -0.39 is 35.0 Å². The number of aromatic nitrogens is 2. The summed E-state index contributed by atoms with van der Waals surface area (Å²) in [6.45, 7) is 1.46. The second-order valence-electron chi connectivity index (χ2n) is 8.60. The van der Waals surface area contributed by atoms with Crippen molar-refractivity contribution in [2.24, 2.45) is 10.6 Å². The van der Waals surface area contributed by atoms with E-state index in [-0.39, 0.29) is 35.3 Å². The maximum Gasteiger partial charge on any atom is 0.240 e. The van der Waals surface area contributed by atoms with Gasteiger partial charge in [-0.2, -0.15) is 0 Å². The number of hydrogen-bond donors (Lipinski definition) is 4. The lowest BCUT2D eigenvalue weighted by Crippen LogP contribution is -2.35. The number of benzene rings is 2. The number of rotatable bonds is 10. The third-order valence-corrected chi connectivity index (χ3v) is 5.57. The smallest absolute Gasteiger partial charge is 0.240 e. The van der Waals surface area contributed by atoms with E-state index in [4.69, 9.17) is 15.3 Å². The molecule has 1 aromatic heterocycles. The molecule has 13 heteroatoms. The van der Waals surface area contributed by atoms with Crippen molar-refractivity contribution in [1.29, 1.82) is 0 Å². The molecule has 4 rings (SSSR count). The van der Waals surface area contributed by atoms with Crippen LogP contribution in [0.2, 0.25) is 0 Å². The topological polar surface area (TPSA) is 161 Å². The van der Waals surface area contributed by atoms with Crippen molar-refractivity contribution >= 4 is 35.2 Å². The third kappa shape index (κ3) is 6.18. The molecule has 1 saturated carbocycles. The van der Waals surface area contributed by atoms with Gasteiger partial charge in [-0.05, 0) is 56.2 Å². The Bertz CT molecular complexity index is 1360. The Labute approximate surface area is 215 Å². The van der Waals surface area contributed by atoms with Gasteiger partial charge >= 0.3 is 0 Å². The van der Waals surface area contributed by atoms with Gasteiger partial charge in [-0.25, -0.2) is 18.7 Å². The first-order valence-electron chi connectivity index (χ1n) is 11.5. The zero-order valence-electron chi connectivity index (χ0n) is 20.1.